The molecule has 2 amide bonds. The highest BCUT2D eigenvalue weighted by Gasteiger charge is 2.07. The maximum Gasteiger partial charge on any atom is 0.238 e. The van der Waals surface area contributed by atoms with Gasteiger partial charge in [-0.15, -0.1) is 0 Å². The van der Waals surface area contributed by atoms with Crippen LogP contribution in [0.2, 0.25) is 0 Å². The molecule has 3 N–H and O–H groups in total. The molecule has 0 aliphatic heterocycles. The van der Waals surface area contributed by atoms with Gasteiger partial charge in [0.25, 0.3) is 0 Å². The summed E-state index contributed by atoms with van der Waals surface area (Å²) in [6.07, 6.45) is 1.33. The van der Waals surface area contributed by atoms with Crippen molar-refractivity contribution in [3.05, 3.63) is 29.8 Å². The first-order valence-electron chi connectivity index (χ1n) is 6.56. The topological polar surface area (TPSA) is 79.5 Å². The Hall–Kier alpha value is -2.15. The van der Waals surface area contributed by atoms with Crippen LogP contribution in [0.4, 0.5) is 0 Å². The number of hydrogen-bond acceptors (Lipinski definition) is 4. The van der Waals surface area contributed by atoms with Gasteiger partial charge in [-0.2, -0.15) is 0 Å². The highest BCUT2D eigenvalue weighted by Crippen LogP contribution is 2.11. The molecule has 0 fully saturated rings. The molecule has 0 saturated carbocycles. The summed E-state index contributed by atoms with van der Waals surface area (Å²) in [5.41, 5.74) is 5.73. The van der Waals surface area contributed by atoms with Crippen LogP contribution < -0.4 is 20.9 Å². The van der Waals surface area contributed by atoms with E-state index >= 15 is 0 Å². The van der Waals surface area contributed by atoms with Crippen molar-refractivity contribution in [2.45, 2.75) is 26.2 Å². The number of benzene rings is 1. The molecular formula is C14H19N3O3S. The lowest BCUT2D eigenvalue weighted by Gasteiger charge is -2.10. The number of rotatable bonds is 5. The molecule has 0 heterocycles. The molecule has 0 spiro atoms. The van der Waals surface area contributed by atoms with E-state index in [1.807, 2.05) is 6.92 Å². The van der Waals surface area contributed by atoms with Gasteiger partial charge in [0.15, 0.2) is 5.11 Å². The molecule has 0 bridgehead atoms. The van der Waals surface area contributed by atoms with Gasteiger partial charge in [0.05, 0.1) is 13.5 Å². The van der Waals surface area contributed by atoms with E-state index in [-0.39, 0.29) is 23.3 Å². The molecular weight excluding hydrogens is 290 g/mol. The summed E-state index contributed by atoms with van der Waals surface area (Å²) < 4.78 is 5.04. The number of hydrazine groups is 1. The monoisotopic (exact) mass is 309 g/mol. The minimum atomic E-state index is -0.262. The molecule has 6 nitrogen and oxygen atoms in total. The number of carbonyl (C=O) groups is 2. The average molecular weight is 309 g/mol. The second kappa shape index (κ2) is 8.91. The van der Waals surface area contributed by atoms with Crippen molar-refractivity contribution < 1.29 is 14.3 Å². The summed E-state index contributed by atoms with van der Waals surface area (Å²) >= 11 is 4.91. The Morgan fingerprint density at radius 3 is 2.38 bits per heavy atom. The average Bonchev–Trinajstić information content (AvgIpc) is 2.46. The summed E-state index contributed by atoms with van der Waals surface area (Å²) in [5.74, 6) is 0.293. The summed E-state index contributed by atoms with van der Waals surface area (Å²) in [6, 6.07) is 7.17. The van der Waals surface area contributed by atoms with E-state index < -0.39 is 0 Å². The van der Waals surface area contributed by atoms with Crippen molar-refractivity contribution in [2.24, 2.45) is 0 Å². The SMILES string of the molecule is CCCC(=O)NNC(=S)NC(=O)Cc1ccc(OC)cc1. The van der Waals surface area contributed by atoms with Crippen LogP contribution in [0.25, 0.3) is 0 Å². The molecule has 114 valence electrons. The van der Waals surface area contributed by atoms with Crippen LogP contribution in [0.1, 0.15) is 25.3 Å². The molecule has 0 aliphatic rings. The van der Waals surface area contributed by atoms with E-state index in [9.17, 15) is 9.59 Å². The van der Waals surface area contributed by atoms with Gasteiger partial charge in [-0.25, -0.2) is 0 Å². The zero-order valence-electron chi connectivity index (χ0n) is 12.1. The van der Waals surface area contributed by atoms with E-state index in [0.29, 0.717) is 6.42 Å². The first-order valence-corrected chi connectivity index (χ1v) is 6.97. The number of thiocarbonyl (C=S) groups is 1. The van der Waals surface area contributed by atoms with Crippen molar-refractivity contribution in [3.63, 3.8) is 0 Å². The van der Waals surface area contributed by atoms with Crippen molar-refractivity contribution in [3.8, 4) is 5.75 Å². The fourth-order valence-electron chi connectivity index (χ4n) is 1.55. The minimum absolute atomic E-state index is 0.0676. The number of methoxy groups -OCH3 is 1. The predicted octanol–water partition coefficient (Wildman–Crippen LogP) is 1.06. The Morgan fingerprint density at radius 2 is 1.81 bits per heavy atom. The van der Waals surface area contributed by atoms with Crippen molar-refractivity contribution in [2.75, 3.05) is 7.11 Å². The van der Waals surface area contributed by atoms with Gasteiger partial charge in [-0.1, -0.05) is 19.1 Å². The molecule has 0 aliphatic carbocycles. The van der Waals surface area contributed by atoms with Gasteiger partial charge in [0, 0.05) is 6.42 Å². The van der Waals surface area contributed by atoms with Crippen molar-refractivity contribution in [1.29, 1.82) is 0 Å². The third-order valence-corrected chi connectivity index (χ3v) is 2.77. The van der Waals surface area contributed by atoms with Crippen molar-refractivity contribution >= 4 is 29.1 Å². The van der Waals surface area contributed by atoms with Crippen molar-refractivity contribution in [1.82, 2.24) is 16.2 Å². The highest BCUT2D eigenvalue weighted by atomic mass is 32.1. The fraction of sp³-hybridized carbons (Fsp3) is 0.357. The summed E-state index contributed by atoms with van der Waals surface area (Å²) in [6.45, 7) is 1.90. The molecule has 7 heteroatoms. The zero-order chi connectivity index (χ0) is 15.7. The van der Waals surface area contributed by atoms with Gasteiger partial charge in [-0.05, 0) is 36.3 Å². The first-order chi connectivity index (χ1) is 10.0. The lowest BCUT2D eigenvalue weighted by Crippen LogP contribution is -2.48. The number of carbonyl (C=O) groups excluding carboxylic acids is 2. The molecule has 0 unspecified atom stereocenters. The number of nitrogens with one attached hydrogen (secondary N) is 3. The van der Waals surface area contributed by atoms with Gasteiger partial charge < -0.3 is 10.1 Å². The Labute approximate surface area is 129 Å². The van der Waals surface area contributed by atoms with Crippen LogP contribution in [0.5, 0.6) is 5.75 Å². The number of ether oxygens (including phenoxy) is 1. The fourth-order valence-corrected chi connectivity index (χ4v) is 1.71. The van der Waals surface area contributed by atoms with E-state index in [4.69, 9.17) is 17.0 Å². The minimum Gasteiger partial charge on any atom is -0.497 e. The van der Waals surface area contributed by atoms with Crippen LogP contribution in [0.3, 0.4) is 0 Å². The highest BCUT2D eigenvalue weighted by molar-refractivity contribution is 7.80. The second-order valence-corrected chi connectivity index (χ2v) is 4.73. The van der Waals surface area contributed by atoms with Crippen LogP contribution in [0.15, 0.2) is 24.3 Å². The van der Waals surface area contributed by atoms with Gasteiger partial charge in [0.1, 0.15) is 5.75 Å². The Bertz CT molecular complexity index is 503. The molecule has 0 saturated heterocycles. The van der Waals surface area contributed by atoms with Crippen LogP contribution in [-0.2, 0) is 16.0 Å². The molecule has 0 aromatic heterocycles. The maximum absolute atomic E-state index is 11.8. The number of amides is 2. The quantitative estimate of drug-likeness (QED) is 0.560. The maximum atomic E-state index is 11.8. The number of hydrogen-bond donors (Lipinski definition) is 3. The van der Waals surface area contributed by atoms with Gasteiger partial charge >= 0.3 is 0 Å². The predicted molar refractivity (Wildman–Crippen MR) is 83.6 cm³/mol. The smallest absolute Gasteiger partial charge is 0.238 e. The largest absolute Gasteiger partial charge is 0.497 e. The Morgan fingerprint density at radius 1 is 1.14 bits per heavy atom. The lowest BCUT2D eigenvalue weighted by molar-refractivity contribution is -0.122. The molecule has 0 radical (unpaired) electrons. The van der Waals surface area contributed by atoms with Gasteiger partial charge in [0.2, 0.25) is 11.8 Å². The van der Waals surface area contributed by atoms with Crippen LogP contribution >= 0.6 is 12.2 Å². The Balaban J connectivity index is 2.35. The van der Waals surface area contributed by atoms with E-state index in [1.165, 1.54) is 0 Å². The molecule has 0 atom stereocenters. The lowest BCUT2D eigenvalue weighted by atomic mass is 10.1. The van der Waals surface area contributed by atoms with Gasteiger partial charge in [-0.3, -0.25) is 20.4 Å². The third kappa shape index (κ3) is 6.71. The molecule has 1 rings (SSSR count). The van der Waals surface area contributed by atoms with E-state index in [2.05, 4.69) is 16.2 Å². The Kier molecular flexibility index (Phi) is 7.17. The third-order valence-electron chi connectivity index (χ3n) is 2.57. The summed E-state index contributed by atoms with van der Waals surface area (Å²) in [5, 5.41) is 2.56. The zero-order valence-corrected chi connectivity index (χ0v) is 12.9. The molecule has 1 aromatic rings. The molecule has 21 heavy (non-hydrogen) atoms. The first kappa shape index (κ1) is 16.9. The normalized spacial score (nSPS) is 9.62. The summed E-state index contributed by atoms with van der Waals surface area (Å²) in [7, 11) is 1.58. The second-order valence-electron chi connectivity index (χ2n) is 4.33. The van der Waals surface area contributed by atoms with E-state index in [1.54, 1.807) is 31.4 Å². The van der Waals surface area contributed by atoms with Crippen LogP contribution in [0, 0.1) is 0 Å². The summed E-state index contributed by atoms with van der Waals surface area (Å²) in [4.78, 5) is 23.0. The van der Waals surface area contributed by atoms with E-state index in [0.717, 1.165) is 17.7 Å². The standard InChI is InChI=1S/C14H19N3O3S/c1-3-4-12(18)16-17-14(21)15-13(19)9-10-5-7-11(20-2)8-6-10/h5-8H,3-4,9H2,1-2H3,(H,16,18)(H2,15,17,19,21). The molecule has 1 aromatic carbocycles. The van der Waals surface area contributed by atoms with Crippen LogP contribution in [-0.4, -0.2) is 24.0 Å².